The fourth-order valence-corrected chi connectivity index (χ4v) is 1.53. The summed E-state index contributed by atoms with van der Waals surface area (Å²) in [5.41, 5.74) is 2.15. The highest BCUT2D eigenvalue weighted by atomic mass is 16.1. The number of hydrogen-bond donors (Lipinski definition) is 1. The van der Waals surface area contributed by atoms with E-state index in [1.165, 1.54) is 0 Å². The molecule has 1 aromatic carbocycles. The van der Waals surface area contributed by atoms with Crippen molar-refractivity contribution in [3.8, 4) is 6.07 Å². The van der Waals surface area contributed by atoms with Gasteiger partial charge < -0.3 is 5.32 Å². The molecular formula is C15H18N2O. The smallest absolute Gasteiger partial charge is 0.237 e. The van der Waals surface area contributed by atoms with Crippen molar-refractivity contribution in [1.82, 2.24) is 5.32 Å². The van der Waals surface area contributed by atoms with Crippen LogP contribution in [0, 0.1) is 17.2 Å². The van der Waals surface area contributed by atoms with Crippen LogP contribution in [0.25, 0.3) is 0 Å². The second-order valence-electron chi connectivity index (χ2n) is 4.40. The van der Waals surface area contributed by atoms with Crippen LogP contribution in [0.15, 0.2) is 42.0 Å². The van der Waals surface area contributed by atoms with Crippen LogP contribution in [0.4, 0.5) is 0 Å². The molecule has 1 aromatic rings. The van der Waals surface area contributed by atoms with E-state index in [0.717, 1.165) is 11.1 Å². The van der Waals surface area contributed by atoms with Gasteiger partial charge in [0.25, 0.3) is 0 Å². The van der Waals surface area contributed by atoms with Gasteiger partial charge in [-0.05, 0) is 25.8 Å². The summed E-state index contributed by atoms with van der Waals surface area (Å²) in [5.74, 6) is -0.836. The summed E-state index contributed by atoms with van der Waals surface area (Å²) in [6.07, 6.45) is 2.38. The number of amides is 1. The number of nitrogens with one attached hydrogen (secondary N) is 1. The molecule has 0 saturated heterocycles. The molecule has 0 spiro atoms. The second kappa shape index (κ2) is 7.29. The Bertz CT molecular complexity index is 453. The maximum Gasteiger partial charge on any atom is 0.237 e. The molecule has 1 unspecified atom stereocenters. The van der Waals surface area contributed by atoms with Gasteiger partial charge in [-0.25, -0.2) is 0 Å². The molecule has 1 atom stereocenters. The van der Waals surface area contributed by atoms with Crippen molar-refractivity contribution in [2.75, 3.05) is 6.54 Å². The van der Waals surface area contributed by atoms with E-state index in [4.69, 9.17) is 5.26 Å². The molecule has 0 saturated carbocycles. The molecule has 18 heavy (non-hydrogen) atoms. The highest BCUT2D eigenvalue weighted by Crippen LogP contribution is 2.08. The number of rotatable bonds is 5. The Kier molecular flexibility index (Phi) is 5.66. The van der Waals surface area contributed by atoms with E-state index in [0.29, 0.717) is 13.0 Å². The van der Waals surface area contributed by atoms with Crippen LogP contribution in [-0.2, 0) is 11.2 Å². The third-order valence-electron chi connectivity index (χ3n) is 2.54. The normalized spacial score (nSPS) is 11.2. The van der Waals surface area contributed by atoms with E-state index in [1.807, 2.05) is 50.3 Å². The van der Waals surface area contributed by atoms with Crippen molar-refractivity contribution in [2.45, 2.75) is 20.3 Å². The van der Waals surface area contributed by atoms with Gasteiger partial charge in [-0.3, -0.25) is 4.79 Å². The Morgan fingerprint density at radius 1 is 1.39 bits per heavy atom. The topological polar surface area (TPSA) is 52.9 Å². The molecule has 0 heterocycles. The van der Waals surface area contributed by atoms with E-state index >= 15 is 0 Å². The minimum Gasteiger partial charge on any atom is -0.351 e. The minimum atomic E-state index is -0.627. The third-order valence-corrected chi connectivity index (χ3v) is 2.54. The zero-order valence-corrected chi connectivity index (χ0v) is 10.8. The van der Waals surface area contributed by atoms with Crippen LogP contribution >= 0.6 is 0 Å². The van der Waals surface area contributed by atoms with Gasteiger partial charge in [0, 0.05) is 6.54 Å². The Morgan fingerprint density at radius 3 is 2.61 bits per heavy atom. The van der Waals surface area contributed by atoms with Gasteiger partial charge >= 0.3 is 0 Å². The first-order valence-electron chi connectivity index (χ1n) is 5.98. The summed E-state index contributed by atoms with van der Waals surface area (Å²) in [5, 5.41) is 11.8. The van der Waals surface area contributed by atoms with E-state index in [1.54, 1.807) is 0 Å². The fourth-order valence-electron chi connectivity index (χ4n) is 1.53. The average Bonchev–Trinajstić information content (AvgIpc) is 2.36. The molecule has 3 nitrogen and oxygen atoms in total. The Morgan fingerprint density at radius 2 is 2.06 bits per heavy atom. The van der Waals surface area contributed by atoms with Crippen LogP contribution in [0.3, 0.4) is 0 Å². The van der Waals surface area contributed by atoms with Crippen LogP contribution in [0.2, 0.25) is 0 Å². The summed E-state index contributed by atoms with van der Waals surface area (Å²) in [4.78, 5) is 11.8. The summed E-state index contributed by atoms with van der Waals surface area (Å²) in [6.45, 7) is 4.42. The first-order valence-corrected chi connectivity index (χ1v) is 5.98. The number of carbonyl (C=O) groups is 1. The number of nitriles is 1. The van der Waals surface area contributed by atoms with Gasteiger partial charge in [0.05, 0.1) is 6.07 Å². The molecule has 1 N–H and O–H groups in total. The fraction of sp³-hybridized carbons (Fsp3) is 0.333. The van der Waals surface area contributed by atoms with Crippen LogP contribution in [-0.4, -0.2) is 12.5 Å². The quantitative estimate of drug-likeness (QED) is 0.806. The van der Waals surface area contributed by atoms with Gasteiger partial charge in [-0.2, -0.15) is 5.26 Å². The van der Waals surface area contributed by atoms with Crippen molar-refractivity contribution in [3.05, 3.63) is 47.5 Å². The first-order chi connectivity index (χ1) is 8.63. The minimum absolute atomic E-state index is 0.209. The molecule has 1 rings (SSSR count). The van der Waals surface area contributed by atoms with E-state index in [9.17, 15) is 4.79 Å². The molecule has 0 aromatic heterocycles. The van der Waals surface area contributed by atoms with Crippen molar-refractivity contribution in [3.63, 3.8) is 0 Å². The molecule has 0 aliphatic heterocycles. The van der Waals surface area contributed by atoms with Crippen molar-refractivity contribution in [2.24, 2.45) is 5.92 Å². The lowest BCUT2D eigenvalue weighted by atomic mass is 10.00. The molecule has 94 valence electrons. The molecular weight excluding hydrogens is 224 g/mol. The van der Waals surface area contributed by atoms with Crippen LogP contribution < -0.4 is 5.32 Å². The van der Waals surface area contributed by atoms with Gasteiger partial charge in [-0.1, -0.05) is 42.0 Å². The maximum atomic E-state index is 11.8. The summed E-state index contributed by atoms with van der Waals surface area (Å²) >= 11 is 0. The number of carbonyl (C=O) groups excluding carboxylic acids is 1. The Hall–Kier alpha value is -2.08. The van der Waals surface area contributed by atoms with Gasteiger partial charge in [0.2, 0.25) is 5.91 Å². The predicted molar refractivity (Wildman–Crippen MR) is 71.7 cm³/mol. The molecule has 1 amide bonds. The lowest BCUT2D eigenvalue weighted by molar-refractivity contribution is -0.123. The van der Waals surface area contributed by atoms with E-state index in [-0.39, 0.29) is 5.91 Å². The van der Waals surface area contributed by atoms with Crippen molar-refractivity contribution >= 4 is 5.91 Å². The van der Waals surface area contributed by atoms with Crippen LogP contribution in [0.1, 0.15) is 19.4 Å². The zero-order chi connectivity index (χ0) is 13.4. The predicted octanol–water partition coefficient (Wildman–Crippen LogP) is 2.45. The van der Waals surface area contributed by atoms with Crippen molar-refractivity contribution < 1.29 is 4.79 Å². The van der Waals surface area contributed by atoms with Gasteiger partial charge in [-0.15, -0.1) is 0 Å². The SMILES string of the molecule is CC(C)=CCNC(=O)C(C#N)Cc1ccccc1. The Labute approximate surface area is 108 Å². The highest BCUT2D eigenvalue weighted by Gasteiger charge is 2.17. The average molecular weight is 242 g/mol. The molecule has 0 aliphatic carbocycles. The number of benzene rings is 1. The molecule has 3 heteroatoms. The maximum absolute atomic E-state index is 11.8. The van der Waals surface area contributed by atoms with Gasteiger partial charge in [0.15, 0.2) is 0 Å². The number of nitrogens with zero attached hydrogens (tertiary/aromatic N) is 1. The second-order valence-corrected chi connectivity index (χ2v) is 4.40. The third kappa shape index (κ3) is 4.84. The van der Waals surface area contributed by atoms with Crippen LogP contribution in [0.5, 0.6) is 0 Å². The first kappa shape index (κ1) is 14.0. The van der Waals surface area contributed by atoms with Gasteiger partial charge in [0.1, 0.15) is 5.92 Å². The van der Waals surface area contributed by atoms with E-state index < -0.39 is 5.92 Å². The Balaban J connectivity index is 2.54. The molecule has 0 aliphatic rings. The lowest BCUT2D eigenvalue weighted by Crippen LogP contribution is -2.31. The lowest BCUT2D eigenvalue weighted by Gasteiger charge is -2.09. The molecule has 0 radical (unpaired) electrons. The summed E-state index contributed by atoms with van der Waals surface area (Å²) in [6, 6.07) is 11.6. The number of hydrogen-bond acceptors (Lipinski definition) is 2. The molecule has 0 bridgehead atoms. The van der Waals surface area contributed by atoms with E-state index in [2.05, 4.69) is 11.4 Å². The van der Waals surface area contributed by atoms with Crippen molar-refractivity contribution in [1.29, 1.82) is 5.26 Å². The number of allylic oxidation sites excluding steroid dienone is 1. The molecule has 0 fully saturated rings. The summed E-state index contributed by atoms with van der Waals surface area (Å²) in [7, 11) is 0. The standard InChI is InChI=1S/C15H18N2O/c1-12(2)8-9-17-15(18)14(11-16)10-13-6-4-3-5-7-13/h3-8,14H,9-10H2,1-2H3,(H,17,18). The zero-order valence-electron chi connectivity index (χ0n) is 10.8. The monoisotopic (exact) mass is 242 g/mol. The highest BCUT2D eigenvalue weighted by molar-refractivity contribution is 5.81. The summed E-state index contributed by atoms with van der Waals surface area (Å²) < 4.78 is 0. The largest absolute Gasteiger partial charge is 0.351 e.